The molecule has 1 aliphatic carbocycles. The van der Waals surface area contributed by atoms with Crippen molar-refractivity contribution in [1.29, 1.82) is 0 Å². The molecule has 2 amide bonds. The quantitative estimate of drug-likeness (QED) is 0.638. The number of hydrogen-bond acceptors (Lipinski definition) is 4. The minimum atomic E-state index is -0.366. The Bertz CT molecular complexity index is 337. The fraction of sp³-hybridized carbons (Fsp3) is 0.846. The van der Waals surface area contributed by atoms with E-state index < -0.39 is 0 Å². The van der Waals surface area contributed by atoms with Crippen LogP contribution in [-0.2, 0) is 14.3 Å². The Morgan fingerprint density at radius 2 is 2.25 bits per heavy atom. The van der Waals surface area contributed by atoms with Gasteiger partial charge in [0.2, 0.25) is 11.8 Å². The van der Waals surface area contributed by atoms with Gasteiger partial charge in [0.05, 0.1) is 19.1 Å². The molecule has 1 unspecified atom stereocenters. The first-order valence-electron chi connectivity index (χ1n) is 6.98. The lowest BCUT2D eigenvalue weighted by molar-refractivity contribution is -0.138. The van der Waals surface area contributed by atoms with Gasteiger partial charge in [0.25, 0.3) is 0 Å². The van der Waals surface area contributed by atoms with Gasteiger partial charge in [-0.3, -0.25) is 9.59 Å². The van der Waals surface area contributed by atoms with Crippen molar-refractivity contribution in [3.8, 4) is 0 Å². The van der Waals surface area contributed by atoms with Crippen LogP contribution in [0.15, 0.2) is 0 Å². The summed E-state index contributed by atoms with van der Waals surface area (Å²) >= 11 is 0. The first kappa shape index (κ1) is 17.2. The lowest BCUT2D eigenvalue weighted by Crippen LogP contribution is -2.56. The molecule has 1 aliphatic heterocycles. The number of carbonyl (C=O) groups excluding carboxylic acids is 2. The van der Waals surface area contributed by atoms with Gasteiger partial charge in [0.1, 0.15) is 0 Å². The number of halogens is 1. The largest absolute Gasteiger partial charge is 0.383 e. The second-order valence-corrected chi connectivity index (χ2v) is 5.28. The average molecular weight is 306 g/mol. The van der Waals surface area contributed by atoms with Crippen molar-refractivity contribution in [3.05, 3.63) is 0 Å². The number of hydrogen-bond donors (Lipinski definition) is 2. The van der Waals surface area contributed by atoms with Crippen LogP contribution >= 0.6 is 12.4 Å². The Hall–Kier alpha value is -0.850. The maximum absolute atomic E-state index is 12.2. The molecule has 0 aromatic rings. The fourth-order valence-corrected chi connectivity index (χ4v) is 2.29. The Balaban J connectivity index is 0.00000200. The van der Waals surface area contributed by atoms with Gasteiger partial charge in [-0.25, -0.2) is 0 Å². The standard InChI is InChI=1S/C13H23N3O3.ClH/c1-19-7-5-15-12(17)8-11-13(18)16(6-4-14-11)9-10-2-3-10;/h10-11,14H,2-9H2,1H3,(H,15,17);1H. The summed E-state index contributed by atoms with van der Waals surface area (Å²) in [5.74, 6) is 0.662. The Morgan fingerprint density at radius 1 is 1.50 bits per heavy atom. The molecule has 1 saturated heterocycles. The molecule has 0 radical (unpaired) electrons. The molecule has 2 fully saturated rings. The summed E-state index contributed by atoms with van der Waals surface area (Å²) in [5.41, 5.74) is 0. The molecule has 0 bridgehead atoms. The molecule has 7 heteroatoms. The first-order valence-corrected chi connectivity index (χ1v) is 6.98. The molecule has 1 heterocycles. The van der Waals surface area contributed by atoms with Gasteiger partial charge in [0, 0.05) is 33.3 Å². The SMILES string of the molecule is COCCNC(=O)CC1NCCN(CC2CC2)C1=O.Cl. The number of carbonyl (C=O) groups is 2. The maximum atomic E-state index is 12.2. The lowest BCUT2D eigenvalue weighted by Gasteiger charge is -2.33. The number of rotatable bonds is 7. The summed E-state index contributed by atoms with van der Waals surface area (Å²) in [6, 6.07) is -0.366. The minimum absolute atomic E-state index is 0. The second kappa shape index (κ2) is 8.44. The number of amides is 2. The third-order valence-electron chi connectivity index (χ3n) is 3.58. The van der Waals surface area contributed by atoms with Crippen LogP contribution in [0, 0.1) is 5.92 Å². The van der Waals surface area contributed by atoms with Crippen LogP contribution in [-0.4, -0.2) is 62.7 Å². The van der Waals surface area contributed by atoms with Crippen LogP contribution in [0.2, 0.25) is 0 Å². The van der Waals surface area contributed by atoms with E-state index in [1.165, 1.54) is 12.8 Å². The molecular formula is C13H24ClN3O3. The van der Waals surface area contributed by atoms with E-state index in [1.54, 1.807) is 7.11 Å². The van der Waals surface area contributed by atoms with Crippen molar-refractivity contribution < 1.29 is 14.3 Å². The molecule has 0 aromatic carbocycles. The van der Waals surface area contributed by atoms with Crippen molar-refractivity contribution >= 4 is 24.2 Å². The van der Waals surface area contributed by atoms with E-state index >= 15 is 0 Å². The molecule has 6 nitrogen and oxygen atoms in total. The maximum Gasteiger partial charge on any atom is 0.240 e. The molecule has 2 N–H and O–H groups in total. The van der Waals surface area contributed by atoms with E-state index in [0.717, 1.165) is 19.6 Å². The highest BCUT2D eigenvalue weighted by molar-refractivity contribution is 5.88. The topological polar surface area (TPSA) is 70.7 Å². The highest BCUT2D eigenvalue weighted by Crippen LogP contribution is 2.30. The van der Waals surface area contributed by atoms with E-state index in [4.69, 9.17) is 4.74 Å². The summed E-state index contributed by atoms with van der Waals surface area (Å²) < 4.78 is 4.87. The van der Waals surface area contributed by atoms with Crippen LogP contribution in [0.5, 0.6) is 0 Å². The second-order valence-electron chi connectivity index (χ2n) is 5.28. The lowest BCUT2D eigenvalue weighted by atomic mass is 10.1. The normalized spacial score (nSPS) is 22.4. The Labute approximate surface area is 126 Å². The Morgan fingerprint density at radius 3 is 2.90 bits per heavy atom. The highest BCUT2D eigenvalue weighted by Gasteiger charge is 2.33. The number of nitrogens with one attached hydrogen (secondary N) is 2. The zero-order valence-electron chi connectivity index (χ0n) is 11.9. The molecular weight excluding hydrogens is 282 g/mol. The summed E-state index contributed by atoms with van der Waals surface area (Å²) in [6.45, 7) is 3.38. The molecule has 2 aliphatic rings. The van der Waals surface area contributed by atoms with Gasteiger partial charge in [-0.15, -0.1) is 12.4 Å². The average Bonchev–Trinajstić information content (AvgIpc) is 3.19. The monoisotopic (exact) mass is 305 g/mol. The predicted molar refractivity (Wildman–Crippen MR) is 77.8 cm³/mol. The third-order valence-corrected chi connectivity index (χ3v) is 3.58. The van der Waals surface area contributed by atoms with Crippen molar-refractivity contribution in [1.82, 2.24) is 15.5 Å². The van der Waals surface area contributed by atoms with Crippen LogP contribution in [0.3, 0.4) is 0 Å². The van der Waals surface area contributed by atoms with E-state index in [1.807, 2.05) is 4.90 Å². The van der Waals surface area contributed by atoms with E-state index in [9.17, 15) is 9.59 Å². The fourth-order valence-electron chi connectivity index (χ4n) is 2.29. The molecule has 0 aromatic heterocycles. The van der Waals surface area contributed by atoms with Crippen LogP contribution in [0.25, 0.3) is 0 Å². The number of methoxy groups -OCH3 is 1. The van der Waals surface area contributed by atoms with E-state index in [0.29, 0.717) is 19.1 Å². The van der Waals surface area contributed by atoms with Gasteiger partial charge < -0.3 is 20.3 Å². The summed E-state index contributed by atoms with van der Waals surface area (Å²) in [5, 5.41) is 5.88. The summed E-state index contributed by atoms with van der Waals surface area (Å²) in [6.07, 6.45) is 2.68. The zero-order valence-corrected chi connectivity index (χ0v) is 12.7. The molecule has 2 rings (SSSR count). The first-order chi connectivity index (χ1) is 9.20. The Kier molecular flexibility index (Phi) is 7.26. The number of nitrogens with zero attached hydrogens (tertiary/aromatic N) is 1. The van der Waals surface area contributed by atoms with E-state index in [2.05, 4.69) is 10.6 Å². The zero-order chi connectivity index (χ0) is 13.7. The highest BCUT2D eigenvalue weighted by atomic mass is 35.5. The van der Waals surface area contributed by atoms with Crippen LogP contribution < -0.4 is 10.6 Å². The smallest absolute Gasteiger partial charge is 0.240 e. The van der Waals surface area contributed by atoms with Crippen molar-refractivity contribution in [3.63, 3.8) is 0 Å². The molecule has 1 saturated carbocycles. The van der Waals surface area contributed by atoms with E-state index in [-0.39, 0.29) is 36.7 Å². The predicted octanol–water partition coefficient (Wildman–Crippen LogP) is -0.229. The summed E-state index contributed by atoms with van der Waals surface area (Å²) in [7, 11) is 1.59. The number of ether oxygens (including phenoxy) is 1. The van der Waals surface area contributed by atoms with Crippen LogP contribution in [0.4, 0.5) is 0 Å². The molecule has 1 atom stereocenters. The molecule has 0 spiro atoms. The van der Waals surface area contributed by atoms with Gasteiger partial charge >= 0.3 is 0 Å². The summed E-state index contributed by atoms with van der Waals surface area (Å²) in [4.78, 5) is 25.8. The van der Waals surface area contributed by atoms with Crippen molar-refractivity contribution in [2.45, 2.75) is 25.3 Å². The van der Waals surface area contributed by atoms with Gasteiger partial charge in [-0.2, -0.15) is 0 Å². The van der Waals surface area contributed by atoms with Crippen molar-refractivity contribution in [2.75, 3.05) is 39.9 Å². The minimum Gasteiger partial charge on any atom is -0.383 e. The number of piperazine rings is 1. The van der Waals surface area contributed by atoms with Gasteiger partial charge in [-0.1, -0.05) is 0 Å². The van der Waals surface area contributed by atoms with Gasteiger partial charge in [0.15, 0.2) is 0 Å². The molecule has 20 heavy (non-hydrogen) atoms. The third kappa shape index (κ3) is 5.26. The van der Waals surface area contributed by atoms with Gasteiger partial charge in [-0.05, 0) is 18.8 Å². The molecule has 116 valence electrons. The van der Waals surface area contributed by atoms with Crippen molar-refractivity contribution in [2.24, 2.45) is 5.92 Å². The van der Waals surface area contributed by atoms with Crippen LogP contribution in [0.1, 0.15) is 19.3 Å².